The second-order valence-corrected chi connectivity index (χ2v) is 6.51. The highest BCUT2D eigenvalue weighted by molar-refractivity contribution is 7.07. The number of aryl methyl sites for hydroxylation is 1. The predicted molar refractivity (Wildman–Crippen MR) is 92.2 cm³/mol. The van der Waals surface area contributed by atoms with Gasteiger partial charge in [0.05, 0.1) is 11.9 Å². The molecule has 1 fully saturated rings. The van der Waals surface area contributed by atoms with E-state index in [0.717, 1.165) is 35.9 Å². The Kier molecular flexibility index (Phi) is 4.76. The molecule has 0 aliphatic carbocycles. The molecule has 3 rings (SSSR count). The third-order valence-corrected chi connectivity index (χ3v) is 4.88. The van der Waals surface area contributed by atoms with Gasteiger partial charge in [-0.25, -0.2) is 4.98 Å². The summed E-state index contributed by atoms with van der Waals surface area (Å²) in [6.45, 7) is 4.37. The van der Waals surface area contributed by atoms with Crippen molar-refractivity contribution in [2.75, 3.05) is 23.3 Å². The van der Waals surface area contributed by atoms with Crippen LogP contribution in [-0.2, 0) is 11.3 Å². The molecule has 0 saturated carbocycles. The second kappa shape index (κ2) is 6.95. The van der Waals surface area contributed by atoms with Crippen LogP contribution in [0.5, 0.6) is 0 Å². The number of thiazole rings is 1. The van der Waals surface area contributed by atoms with E-state index < -0.39 is 0 Å². The molecule has 1 aliphatic heterocycles. The van der Waals surface area contributed by atoms with Crippen LogP contribution in [0.1, 0.15) is 25.0 Å². The standard InChI is InChI=1S/C16H20N4O2S/c1-12-11-23-16(22)20(12)9-6-15(21)18-13-4-5-14(17-10-13)19-7-2-3-8-19/h4-5,10-11H,2-3,6-9H2,1H3,(H,18,21). The van der Waals surface area contributed by atoms with Gasteiger partial charge >= 0.3 is 4.87 Å². The van der Waals surface area contributed by atoms with Gasteiger partial charge in [-0.15, -0.1) is 0 Å². The van der Waals surface area contributed by atoms with Gasteiger partial charge in [0, 0.05) is 37.1 Å². The number of nitrogens with zero attached hydrogens (tertiary/aromatic N) is 3. The van der Waals surface area contributed by atoms with Crippen LogP contribution in [0.25, 0.3) is 0 Å². The summed E-state index contributed by atoms with van der Waals surface area (Å²) in [6, 6.07) is 3.81. The fraction of sp³-hybridized carbons (Fsp3) is 0.438. The monoisotopic (exact) mass is 332 g/mol. The Morgan fingerprint density at radius 1 is 1.35 bits per heavy atom. The molecule has 0 bridgehead atoms. The molecule has 0 aromatic carbocycles. The number of nitrogens with one attached hydrogen (secondary N) is 1. The maximum Gasteiger partial charge on any atom is 0.307 e. The predicted octanol–water partition coefficient (Wildman–Crippen LogP) is 2.24. The van der Waals surface area contributed by atoms with Crippen LogP contribution in [0.4, 0.5) is 11.5 Å². The van der Waals surface area contributed by atoms with E-state index in [1.54, 1.807) is 16.1 Å². The quantitative estimate of drug-likeness (QED) is 0.912. The van der Waals surface area contributed by atoms with Gasteiger partial charge in [-0.1, -0.05) is 11.3 Å². The van der Waals surface area contributed by atoms with Crippen LogP contribution in [0, 0.1) is 6.92 Å². The van der Waals surface area contributed by atoms with Gasteiger partial charge < -0.3 is 14.8 Å². The molecule has 0 unspecified atom stereocenters. The van der Waals surface area contributed by atoms with Crippen molar-refractivity contribution in [3.05, 3.63) is 39.1 Å². The molecular formula is C16H20N4O2S. The molecule has 1 saturated heterocycles. The van der Waals surface area contributed by atoms with Crippen molar-refractivity contribution in [2.45, 2.75) is 32.7 Å². The summed E-state index contributed by atoms with van der Waals surface area (Å²) in [4.78, 5) is 30.3. The molecule has 0 atom stereocenters. The van der Waals surface area contributed by atoms with Crippen LogP contribution in [0.15, 0.2) is 28.5 Å². The van der Waals surface area contributed by atoms with Gasteiger partial charge in [0.15, 0.2) is 0 Å². The number of carbonyl (C=O) groups is 1. The summed E-state index contributed by atoms with van der Waals surface area (Å²) in [5.74, 6) is 0.846. The van der Waals surface area contributed by atoms with Crippen LogP contribution < -0.4 is 15.1 Å². The second-order valence-electron chi connectivity index (χ2n) is 5.69. The lowest BCUT2D eigenvalue weighted by Gasteiger charge is -2.16. The zero-order chi connectivity index (χ0) is 16.2. The van der Waals surface area contributed by atoms with Crippen LogP contribution >= 0.6 is 11.3 Å². The van der Waals surface area contributed by atoms with E-state index in [0.29, 0.717) is 12.2 Å². The molecule has 0 radical (unpaired) electrons. The lowest BCUT2D eigenvalue weighted by Crippen LogP contribution is -2.21. The Balaban J connectivity index is 1.54. The number of hydrogen-bond donors (Lipinski definition) is 1. The van der Waals surface area contributed by atoms with Crippen LogP contribution in [-0.4, -0.2) is 28.5 Å². The molecule has 122 valence electrons. The molecule has 7 heteroatoms. The Bertz CT molecular complexity index is 729. The molecule has 1 aliphatic rings. The average Bonchev–Trinajstić information content (AvgIpc) is 3.17. The van der Waals surface area contributed by atoms with Gasteiger partial charge in [-0.05, 0) is 31.9 Å². The Morgan fingerprint density at radius 2 is 2.13 bits per heavy atom. The van der Waals surface area contributed by atoms with Crippen molar-refractivity contribution < 1.29 is 4.79 Å². The van der Waals surface area contributed by atoms with Gasteiger partial charge in [-0.2, -0.15) is 0 Å². The lowest BCUT2D eigenvalue weighted by atomic mass is 10.3. The highest BCUT2D eigenvalue weighted by atomic mass is 32.1. The zero-order valence-electron chi connectivity index (χ0n) is 13.1. The van der Waals surface area contributed by atoms with E-state index in [2.05, 4.69) is 15.2 Å². The smallest absolute Gasteiger partial charge is 0.307 e. The number of aromatic nitrogens is 2. The number of hydrogen-bond acceptors (Lipinski definition) is 5. The first-order chi connectivity index (χ1) is 11.1. The first kappa shape index (κ1) is 15.7. The summed E-state index contributed by atoms with van der Waals surface area (Å²) in [5, 5.41) is 4.64. The molecule has 1 N–H and O–H groups in total. The fourth-order valence-electron chi connectivity index (χ4n) is 2.70. The highest BCUT2D eigenvalue weighted by Crippen LogP contribution is 2.19. The SMILES string of the molecule is Cc1csc(=O)n1CCC(=O)Nc1ccc(N2CCCC2)nc1. The number of amides is 1. The molecule has 2 aromatic rings. The van der Waals surface area contributed by atoms with Gasteiger partial charge in [0.25, 0.3) is 0 Å². The van der Waals surface area contributed by atoms with Gasteiger partial charge in [-0.3, -0.25) is 9.59 Å². The summed E-state index contributed by atoms with van der Waals surface area (Å²) in [7, 11) is 0. The molecule has 3 heterocycles. The Hall–Kier alpha value is -2.15. The van der Waals surface area contributed by atoms with E-state index in [4.69, 9.17) is 0 Å². The van der Waals surface area contributed by atoms with E-state index in [1.807, 2.05) is 19.1 Å². The summed E-state index contributed by atoms with van der Waals surface area (Å²) >= 11 is 1.16. The third kappa shape index (κ3) is 3.79. The van der Waals surface area contributed by atoms with E-state index >= 15 is 0 Å². The van der Waals surface area contributed by atoms with Crippen LogP contribution in [0.2, 0.25) is 0 Å². The molecule has 0 spiro atoms. The van der Waals surface area contributed by atoms with Gasteiger partial charge in [0.1, 0.15) is 5.82 Å². The highest BCUT2D eigenvalue weighted by Gasteiger charge is 2.13. The first-order valence-electron chi connectivity index (χ1n) is 7.79. The largest absolute Gasteiger partial charge is 0.357 e. The number of carbonyl (C=O) groups excluding carboxylic acids is 1. The lowest BCUT2D eigenvalue weighted by molar-refractivity contribution is -0.116. The first-order valence-corrected chi connectivity index (χ1v) is 8.67. The minimum absolute atomic E-state index is 0.0214. The van der Waals surface area contributed by atoms with E-state index in [-0.39, 0.29) is 17.2 Å². The third-order valence-electron chi connectivity index (χ3n) is 4.00. The van der Waals surface area contributed by atoms with Crippen molar-refractivity contribution in [3.8, 4) is 0 Å². The van der Waals surface area contributed by atoms with Gasteiger partial charge in [0.2, 0.25) is 5.91 Å². The minimum atomic E-state index is -0.113. The van der Waals surface area contributed by atoms with Crippen molar-refractivity contribution >= 4 is 28.7 Å². The van der Waals surface area contributed by atoms with E-state index in [1.165, 1.54) is 12.8 Å². The summed E-state index contributed by atoms with van der Waals surface area (Å²) < 4.78 is 1.62. The topological polar surface area (TPSA) is 67.2 Å². The average molecular weight is 332 g/mol. The number of anilines is 2. The number of pyridine rings is 1. The van der Waals surface area contributed by atoms with E-state index in [9.17, 15) is 9.59 Å². The summed E-state index contributed by atoms with van der Waals surface area (Å²) in [5.41, 5.74) is 1.58. The molecule has 23 heavy (non-hydrogen) atoms. The maximum absolute atomic E-state index is 12.0. The van der Waals surface area contributed by atoms with Crippen molar-refractivity contribution in [2.24, 2.45) is 0 Å². The zero-order valence-corrected chi connectivity index (χ0v) is 13.9. The van der Waals surface area contributed by atoms with Crippen molar-refractivity contribution in [1.82, 2.24) is 9.55 Å². The Labute approximate surface area is 138 Å². The Morgan fingerprint density at radius 3 is 2.74 bits per heavy atom. The molecule has 1 amide bonds. The fourth-order valence-corrected chi connectivity index (χ4v) is 3.47. The minimum Gasteiger partial charge on any atom is -0.357 e. The normalized spacial score (nSPS) is 14.2. The molecule has 2 aromatic heterocycles. The summed E-state index contributed by atoms with van der Waals surface area (Å²) in [6.07, 6.45) is 4.38. The molecular weight excluding hydrogens is 312 g/mol. The molecule has 6 nitrogen and oxygen atoms in total. The van der Waals surface area contributed by atoms with Crippen molar-refractivity contribution in [3.63, 3.8) is 0 Å². The maximum atomic E-state index is 12.0. The number of rotatable bonds is 5. The van der Waals surface area contributed by atoms with Crippen LogP contribution in [0.3, 0.4) is 0 Å². The van der Waals surface area contributed by atoms with Crippen molar-refractivity contribution in [1.29, 1.82) is 0 Å².